The van der Waals surface area contributed by atoms with Crippen LogP contribution in [0, 0.1) is 11.8 Å². The molecule has 1 rings (SSSR count). The van der Waals surface area contributed by atoms with Gasteiger partial charge in [-0.25, -0.2) is 0 Å². The molecule has 0 bridgehead atoms. The van der Waals surface area contributed by atoms with Crippen LogP contribution in [0.2, 0.25) is 0 Å². The molecule has 0 aromatic carbocycles. The quantitative estimate of drug-likeness (QED) is 0.813. The van der Waals surface area contributed by atoms with Crippen molar-refractivity contribution >= 4 is 27.3 Å². The van der Waals surface area contributed by atoms with Gasteiger partial charge in [0.05, 0.1) is 6.04 Å². The van der Waals surface area contributed by atoms with Crippen molar-refractivity contribution in [1.29, 1.82) is 0 Å². The van der Waals surface area contributed by atoms with Crippen LogP contribution in [0.15, 0.2) is 15.9 Å². The third-order valence-corrected chi connectivity index (χ3v) is 4.78. The number of thiophene rings is 1. The molecule has 1 aromatic rings. The second kappa shape index (κ2) is 7.63. The predicted octanol–water partition coefficient (Wildman–Crippen LogP) is 4.12. The van der Waals surface area contributed by atoms with Crippen LogP contribution in [0.3, 0.4) is 0 Å². The molecule has 0 aliphatic carbocycles. The lowest BCUT2D eigenvalue weighted by Crippen LogP contribution is -2.38. The zero-order valence-electron chi connectivity index (χ0n) is 11.8. The van der Waals surface area contributed by atoms with E-state index in [9.17, 15) is 0 Å². The van der Waals surface area contributed by atoms with E-state index < -0.39 is 0 Å². The maximum absolute atomic E-state index is 6.03. The minimum absolute atomic E-state index is 0.337. The average molecular weight is 333 g/mol. The van der Waals surface area contributed by atoms with E-state index >= 15 is 0 Å². The minimum atomic E-state index is 0.337. The van der Waals surface area contributed by atoms with E-state index in [2.05, 4.69) is 60.0 Å². The number of hydrogen-bond donors (Lipinski definition) is 1. The predicted molar refractivity (Wildman–Crippen MR) is 85.1 cm³/mol. The van der Waals surface area contributed by atoms with Gasteiger partial charge in [-0.05, 0) is 39.2 Å². The highest BCUT2D eigenvalue weighted by Crippen LogP contribution is 2.33. The Balaban J connectivity index is 2.89. The molecule has 0 saturated heterocycles. The molecule has 1 unspecified atom stereocenters. The van der Waals surface area contributed by atoms with E-state index in [1.807, 2.05) is 0 Å². The van der Waals surface area contributed by atoms with E-state index in [-0.39, 0.29) is 0 Å². The molecule has 2 N–H and O–H groups in total. The topological polar surface area (TPSA) is 29.3 Å². The van der Waals surface area contributed by atoms with Crippen molar-refractivity contribution in [2.75, 3.05) is 19.6 Å². The van der Waals surface area contributed by atoms with E-state index in [0.29, 0.717) is 24.4 Å². The fraction of sp³-hybridized carbons (Fsp3) is 0.714. The van der Waals surface area contributed by atoms with Gasteiger partial charge in [-0.1, -0.05) is 27.7 Å². The van der Waals surface area contributed by atoms with Crippen molar-refractivity contribution in [2.45, 2.75) is 33.7 Å². The van der Waals surface area contributed by atoms with Gasteiger partial charge >= 0.3 is 0 Å². The minimum Gasteiger partial charge on any atom is -0.329 e. The molecular weight excluding hydrogens is 308 g/mol. The first-order valence-corrected chi connectivity index (χ1v) is 8.30. The van der Waals surface area contributed by atoms with Crippen LogP contribution >= 0.6 is 27.3 Å². The fourth-order valence-corrected chi connectivity index (χ4v) is 4.02. The molecule has 2 nitrogen and oxygen atoms in total. The molecule has 0 saturated carbocycles. The van der Waals surface area contributed by atoms with Crippen molar-refractivity contribution in [3.05, 3.63) is 20.8 Å². The first-order valence-electron chi connectivity index (χ1n) is 6.62. The lowest BCUT2D eigenvalue weighted by atomic mass is 10.1. The lowest BCUT2D eigenvalue weighted by Gasteiger charge is -2.33. The summed E-state index contributed by atoms with van der Waals surface area (Å²) in [7, 11) is 0. The molecular formula is C14H25BrN2S. The molecule has 0 spiro atoms. The molecule has 1 atom stereocenters. The largest absolute Gasteiger partial charge is 0.329 e. The molecule has 0 aliphatic heterocycles. The summed E-state index contributed by atoms with van der Waals surface area (Å²) in [6.07, 6.45) is 0. The maximum Gasteiger partial charge on any atom is 0.0575 e. The summed E-state index contributed by atoms with van der Waals surface area (Å²) >= 11 is 5.43. The Morgan fingerprint density at radius 2 is 1.78 bits per heavy atom. The Hall–Kier alpha value is 0.100. The third kappa shape index (κ3) is 4.65. The Kier molecular flexibility index (Phi) is 6.85. The summed E-state index contributed by atoms with van der Waals surface area (Å²) in [6.45, 7) is 12.0. The number of hydrogen-bond acceptors (Lipinski definition) is 3. The van der Waals surface area contributed by atoms with Crippen LogP contribution in [-0.4, -0.2) is 24.5 Å². The van der Waals surface area contributed by atoms with Crippen molar-refractivity contribution in [1.82, 2.24) is 4.90 Å². The van der Waals surface area contributed by atoms with Crippen LogP contribution in [0.1, 0.15) is 38.6 Å². The molecule has 0 radical (unpaired) electrons. The number of nitrogens with two attached hydrogens (primary N) is 1. The smallest absolute Gasteiger partial charge is 0.0575 e. The van der Waals surface area contributed by atoms with Crippen molar-refractivity contribution in [3.8, 4) is 0 Å². The Labute approximate surface area is 124 Å². The Morgan fingerprint density at radius 1 is 1.22 bits per heavy atom. The van der Waals surface area contributed by atoms with Crippen LogP contribution in [0.4, 0.5) is 0 Å². The second-order valence-electron chi connectivity index (χ2n) is 5.63. The van der Waals surface area contributed by atoms with Gasteiger partial charge in [0.2, 0.25) is 0 Å². The molecule has 0 fully saturated rings. The normalized spacial score (nSPS) is 13.8. The second-order valence-corrected chi connectivity index (χ2v) is 7.43. The molecule has 18 heavy (non-hydrogen) atoms. The van der Waals surface area contributed by atoms with Gasteiger partial charge in [0.25, 0.3) is 0 Å². The van der Waals surface area contributed by atoms with Crippen molar-refractivity contribution < 1.29 is 0 Å². The average Bonchev–Trinajstić information content (AvgIpc) is 2.64. The van der Waals surface area contributed by atoms with Crippen LogP contribution in [0.25, 0.3) is 0 Å². The van der Waals surface area contributed by atoms with E-state index in [1.54, 1.807) is 11.3 Å². The van der Waals surface area contributed by atoms with Gasteiger partial charge in [0.15, 0.2) is 0 Å². The Morgan fingerprint density at radius 3 is 2.11 bits per heavy atom. The molecule has 1 heterocycles. The molecule has 1 aromatic heterocycles. The van der Waals surface area contributed by atoms with Crippen molar-refractivity contribution in [3.63, 3.8) is 0 Å². The van der Waals surface area contributed by atoms with Crippen LogP contribution < -0.4 is 5.73 Å². The highest BCUT2D eigenvalue weighted by Gasteiger charge is 2.23. The van der Waals surface area contributed by atoms with Crippen LogP contribution in [-0.2, 0) is 0 Å². The molecule has 0 aliphatic rings. The highest BCUT2D eigenvalue weighted by atomic mass is 79.9. The number of rotatable bonds is 7. The van der Waals surface area contributed by atoms with Crippen LogP contribution in [0.5, 0.6) is 0 Å². The summed E-state index contributed by atoms with van der Waals surface area (Å²) in [6, 6.07) is 2.45. The fourth-order valence-electron chi connectivity index (χ4n) is 2.23. The van der Waals surface area contributed by atoms with Crippen molar-refractivity contribution in [2.24, 2.45) is 17.6 Å². The van der Waals surface area contributed by atoms with E-state index in [4.69, 9.17) is 5.73 Å². The van der Waals surface area contributed by atoms with Gasteiger partial charge in [-0.3, -0.25) is 4.90 Å². The Bertz CT molecular complexity index is 339. The van der Waals surface area contributed by atoms with Gasteiger partial charge in [-0.2, -0.15) is 0 Å². The highest BCUT2D eigenvalue weighted by molar-refractivity contribution is 9.10. The maximum atomic E-state index is 6.03. The summed E-state index contributed by atoms with van der Waals surface area (Å²) < 4.78 is 1.19. The first kappa shape index (κ1) is 16.2. The molecule has 104 valence electrons. The lowest BCUT2D eigenvalue weighted by molar-refractivity contribution is 0.162. The van der Waals surface area contributed by atoms with Gasteiger partial charge in [0.1, 0.15) is 0 Å². The SMILES string of the molecule is CC(C)CN(CC(C)C)C(CN)c1sccc1Br. The number of halogens is 1. The van der Waals surface area contributed by atoms with E-state index in [1.165, 1.54) is 9.35 Å². The summed E-state index contributed by atoms with van der Waals surface area (Å²) in [5, 5.41) is 2.13. The van der Waals surface area contributed by atoms with Gasteiger partial charge < -0.3 is 5.73 Å². The van der Waals surface area contributed by atoms with E-state index in [0.717, 1.165) is 13.1 Å². The summed E-state index contributed by atoms with van der Waals surface area (Å²) in [5.74, 6) is 1.33. The third-order valence-electron chi connectivity index (χ3n) is 2.81. The van der Waals surface area contributed by atoms with Gasteiger partial charge in [0, 0.05) is 29.0 Å². The number of nitrogens with zero attached hydrogens (tertiary/aromatic N) is 1. The first-order chi connectivity index (χ1) is 8.45. The summed E-state index contributed by atoms with van der Waals surface area (Å²) in [4.78, 5) is 3.89. The standard InChI is InChI=1S/C14H25BrN2S/c1-10(2)8-17(9-11(3)4)13(7-16)14-12(15)5-6-18-14/h5-6,10-11,13H,7-9,16H2,1-4H3. The summed E-state index contributed by atoms with van der Waals surface area (Å²) in [5.41, 5.74) is 6.03. The zero-order chi connectivity index (χ0) is 13.7. The zero-order valence-corrected chi connectivity index (χ0v) is 14.2. The monoisotopic (exact) mass is 332 g/mol. The van der Waals surface area contributed by atoms with Gasteiger partial charge in [-0.15, -0.1) is 11.3 Å². The molecule has 0 amide bonds. The molecule has 4 heteroatoms.